The third-order valence-corrected chi connectivity index (χ3v) is 4.10. The molecule has 8 nitrogen and oxygen atoms in total. The van der Waals surface area contributed by atoms with Crippen LogP contribution in [0.5, 0.6) is 0 Å². The average molecular weight is 351 g/mol. The standard InChI is InChI=1S/C18H17N5O3/c1-12-6-3-4-7-14(12)11-19-18(24)17-13(2)22(21-20-17)15-8-5-9-16(10-15)23(25)26/h3-10H,11H2,1-2H3,(H,19,24). The topological polar surface area (TPSA) is 103 Å². The van der Waals surface area contributed by atoms with Crippen LogP contribution in [0.3, 0.4) is 0 Å². The molecular formula is C18H17N5O3. The van der Waals surface area contributed by atoms with Gasteiger partial charge in [-0.2, -0.15) is 0 Å². The predicted molar refractivity (Wildman–Crippen MR) is 95.1 cm³/mol. The minimum atomic E-state index is -0.481. The number of nitro groups is 1. The molecule has 0 bridgehead atoms. The molecule has 1 N–H and O–H groups in total. The molecule has 0 saturated carbocycles. The van der Waals surface area contributed by atoms with Gasteiger partial charge in [-0.1, -0.05) is 35.5 Å². The molecule has 0 aliphatic rings. The number of amides is 1. The highest BCUT2D eigenvalue weighted by molar-refractivity contribution is 5.93. The van der Waals surface area contributed by atoms with Crippen LogP contribution in [0.15, 0.2) is 48.5 Å². The second-order valence-corrected chi connectivity index (χ2v) is 5.82. The summed E-state index contributed by atoms with van der Waals surface area (Å²) in [6.07, 6.45) is 0. The normalized spacial score (nSPS) is 10.5. The van der Waals surface area contributed by atoms with Gasteiger partial charge in [-0.05, 0) is 31.0 Å². The molecule has 2 aromatic carbocycles. The molecule has 8 heteroatoms. The molecule has 132 valence electrons. The molecule has 0 radical (unpaired) electrons. The number of carbonyl (C=O) groups excluding carboxylic acids is 1. The SMILES string of the molecule is Cc1ccccc1CNC(=O)c1nnn(-c2cccc([N+](=O)[O-])c2)c1C. The van der Waals surface area contributed by atoms with Crippen LogP contribution in [0.2, 0.25) is 0 Å². The summed E-state index contributed by atoms with van der Waals surface area (Å²) in [6, 6.07) is 13.8. The second-order valence-electron chi connectivity index (χ2n) is 5.82. The van der Waals surface area contributed by atoms with E-state index in [0.29, 0.717) is 17.9 Å². The number of aryl methyl sites for hydroxylation is 1. The highest BCUT2D eigenvalue weighted by atomic mass is 16.6. The quantitative estimate of drug-likeness (QED) is 0.562. The summed E-state index contributed by atoms with van der Waals surface area (Å²) in [4.78, 5) is 22.9. The van der Waals surface area contributed by atoms with Crippen molar-refractivity contribution in [1.82, 2.24) is 20.3 Å². The van der Waals surface area contributed by atoms with Crippen molar-refractivity contribution in [1.29, 1.82) is 0 Å². The minimum absolute atomic E-state index is 0.0528. The first-order valence-electron chi connectivity index (χ1n) is 7.97. The first kappa shape index (κ1) is 17.3. The number of benzene rings is 2. The number of nitrogens with zero attached hydrogens (tertiary/aromatic N) is 4. The number of nitro benzene ring substituents is 1. The summed E-state index contributed by atoms with van der Waals surface area (Å²) < 4.78 is 1.41. The van der Waals surface area contributed by atoms with Gasteiger partial charge in [0.25, 0.3) is 11.6 Å². The van der Waals surface area contributed by atoms with Gasteiger partial charge in [0, 0.05) is 18.7 Å². The third kappa shape index (κ3) is 3.44. The molecule has 0 aliphatic heterocycles. The molecule has 0 unspecified atom stereocenters. The van der Waals surface area contributed by atoms with Crippen molar-refractivity contribution < 1.29 is 9.72 Å². The van der Waals surface area contributed by atoms with Crippen LogP contribution in [0.25, 0.3) is 5.69 Å². The second kappa shape index (κ2) is 7.14. The fraction of sp³-hybridized carbons (Fsp3) is 0.167. The summed E-state index contributed by atoms with van der Waals surface area (Å²) >= 11 is 0. The van der Waals surface area contributed by atoms with Crippen LogP contribution in [-0.2, 0) is 6.54 Å². The minimum Gasteiger partial charge on any atom is -0.346 e. The van der Waals surface area contributed by atoms with Gasteiger partial charge in [0.15, 0.2) is 5.69 Å². The molecule has 1 heterocycles. The number of non-ortho nitro benzene ring substituents is 1. The Labute approximate surface area is 149 Å². The summed E-state index contributed by atoms with van der Waals surface area (Å²) in [5, 5.41) is 21.7. The first-order valence-corrected chi connectivity index (χ1v) is 7.97. The highest BCUT2D eigenvalue weighted by Gasteiger charge is 2.18. The van der Waals surface area contributed by atoms with Crippen molar-refractivity contribution in [2.45, 2.75) is 20.4 Å². The largest absolute Gasteiger partial charge is 0.346 e. The van der Waals surface area contributed by atoms with E-state index in [9.17, 15) is 14.9 Å². The number of rotatable bonds is 5. The zero-order valence-electron chi connectivity index (χ0n) is 14.3. The van der Waals surface area contributed by atoms with E-state index < -0.39 is 4.92 Å². The van der Waals surface area contributed by atoms with Crippen LogP contribution in [0.1, 0.15) is 27.3 Å². The Hall–Kier alpha value is -3.55. The monoisotopic (exact) mass is 351 g/mol. The van der Waals surface area contributed by atoms with E-state index in [1.807, 2.05) is 31.2 Å². The van der Waals surface area contributed by atoms with Gasteiger partial charge < -0.3 is 5.32 Å². The predicted octanol–water partition coefficient (Wildman–Crippen LogP) is 2.72. The number of aromatic nitrogens is 3. The Kier molecular flexibility index (Phi) is 4.74. The molecule has 1 amide bonds. The fourth-order valence-corrected chi connectivity index (χ4v) is 2.59. The van der Waals surface area contributed by atoms with Crippen LogP contribution in [0.4, 0.5) is 5.69 Å². The van der Waals surface area contributed by atoms with E-state index >= 15 is 0 Å². The zero-order chi connectivity index (χ0) is 18.7. The van der Waals surface area contributed by atoms with Crippen molar-refractivity contribution in [2.75, 3.05) is 0 Å². The van der Waals surface area contributed by atoms with Gasteiger partial charge in [0.1, 0.15) is 0 Å². The third-order valence-electron chi connectivity index (χ3n) is 4.10. The lowest BCUT2D eigenvalue weighted by molar-refractivity contribution is -0.384. The Balaban J connectivity index is 1.80. The van der Waals surface area contributed by atoms with E-state index in [1.165, 1.54) is 16.8 Å². The summed E-state index contributed by atoms with van der Waals surface area (Å²) in [6.45, 7) is 4.06. The summed E-state index contributed by atoms with van der Waals surface area (Å²) in [5.74, 6) is -0.345. The number of carbonyl (C=O) groups is 1. The maximum Gasteiger partial charge on any atom is 0.274 e. The van der Waals surface area contributed by atoms with Crippen molar-refractivity contribution in [3.05, 3.63) is 81.2 Å². The van der Waals surface area contributed by atoms with Crippen molar-refractivity contribution in [3.8, 4) is 5.69 Å². The van der Waals surface area contributed by atoms with Crippen molar-refractivity contribution >= 4 is 11.6 Å². The lowest BCUT2D eigenvalue weighted by Gasteiger charge is -2.07. The number of nitrogens with one attached hydrogen (secondary N) is 1. The van der Waals surface area contributed by atoms with E-state index in [1.54, 1.807) is 19.1 Å². The van der Waals surface area contributed by atoms with Gasteiger partial charge in [-0.15, -0.1) is 5.10 Å². The van der Waals surface area contributed by atoms with Gasteiger partial charge in [0.05, 0.1) is 16.3 Å². The lowest BCUT2D eigenvalue weighted by atomic mass is 10.1. The van der Waals surface area contributed by atoms with Gasteiger partial charge in [0.2, 0.25) is 0 Å². The smallest absolute Gasteiger partial charge is 0.274 e. The Morgan fingerprint density at radius 2 is 1.96 bits per heavy atom. The van der Waals surface area contributed by atoms with Crippen molar-refractivity contribution in [2.24, 2.45) is 0 Å². The average Bonchev–Trinajstić information content (AvgIpc) is 3.02. The molecule has 3 aromatic rings. The zero-order valence-corrected chi connectivity index (χ0v) is 14.3. The molecule has 26 heavy (non-hydrogen) atoms. The first-order chi connectivity index (χ1) is 12.5. The van der Waals surface area contributed by atoms with E-state index in [4.69, 9.17) is 0 Å². The van der Waals surface area contributed by atoms with E-state index in [2.05, 4.69) is 15.6 Å². The lowest BCUT2D eigenvalue weighted by Crippen LogP contribution is -2.24. The maximum absolute atomic E-state index is 12.4. The molecule has 3 rings (SSSR count). The molecule has 0 fully saturated rings. The molecule has 0 spiro atoms. The number of hydrogen-bond acceptors (Lipinski definition) is 5. The molecule has 0 aliphatic carbocycles. The molecule has 1 aromatic heterocycles. The molecule has 0 saturated heterocycles. The summed E-state index contributed by atoms with van der Waals surface area (Å²) in [7, 11) is 0. The van der Waals surface area contributed by atoms with Crippen LogP contribution in [0, 0.1) is 24.0 Å². The molecule has 0 atom stereocenters. The van der Waals surface area contributed by atoms with Crippen LogP contribution in [-0.4, -0.2) is 25.8 Å². The van der Waals surface area contributed by atoms with Crippen molar-refractivity contribution in [3.63, 3.8) is 0 Å². The maximum atomic E-state index is 12.4. The Morgan fingerprint density at radius 1 is 1.19 bits per heavy atom. The molecular weight excluding hydrogens is 334 g/mol. The Morgan fingerprint density at radius 3 is 2.69 bits per heavy atom. The van der Waals surface area contributed by atoms with Crippen LogP contribution < -0.4 is 5.32 Å². The number of hydrogen-bond donors (Lipinski definition) is 1. The van der Waals surface area contributed by atoms with Crippen LogP contribution >= 0.6 is 0 Å². The van der Waals surface area contributed by atoms with Gasteiger partial charge >= 0.3 is 0 Å². The van der Waals surface area contributed by atoms with E-state index in [0.717, 1.165) is 11.1 Å². The Bertz CT molecular complexity index is 980. The van der Waals surface area contributed by atoms with E-state index in [-0.39, 0.29) is 17.3 Å². The highest BCUT2D eigenvalue weighted by Crippen LogP contribution is 2.18. The summed E-state index contributed by atoms with van der Waals surface area (Å²) in [5.41, 5.74) is 3.22. The fourth-order valence-electron chi connectivity index (χ4n) is 2.59. The van der Waals surface area contributed by atoms with Gasteiger partial charge in [-0.3, -0.25) is 14.9 Å². The van der Waals surface area contributed by atoms with Gasteiger partial charge in [-0.25, -0.2) is 4.68 Å².